The van der Waals surface area contributed by atoms with Gasteiger partial charge in [-0.05, 0) is 18.2 Å². The van der Waals surface area contributed by atoms with Crippen LogP contribution in [-0.2, 0) is 4.79 Å². The van der Waals surface area contributed by atoms with Crippen molar-refractivity contribution < 1.29 is 14.7 Å². The standard InChI is InChI=1S/C11H9ClN2O3S/c12-9-5-7(1-2-8(9)11(16)17)14-10(15)6-18-4-3-13/h1-2,5H,4,6H2,(H,14,15)(H,16,17). The number of nitriles is 1. The first-order valence-corrected chi connectivity index (χ1v) is 6.35. The van der Waals surface area contributed by atoms with Crippen LogP contribution in [0, 0.1) is 11.3 Å². The topological polar surface area (TPSA) is 90.2 Å². The van der Waals surface area contributed by atoms with Crippen LogP contribution in [0.4, 0.5) is 5.69 Å². The number of anilines is 1. The van der Waals surface area contributed by atoms with Crippen molar-refractivity contribution in [3.8, 4) is 6.07 Å². The SMILES string of the molecule is N#CCSCC(=O)Nc1ccc(C(=O)O)c(Cl)c1. The molecule has 0 bridgehead atoms. The van der Waals surface area contributed by atoms with Gasteiger partial charge in [0.05, 0.1) is 28.2 Å². The monoisotopic (exact) mass is 284 g/mol. The summed E-state index contributed by atoms with van der Waals surface area (Å²) in [6.07, 6.45) is 0. The Labute approximate surface area is 113 Å². The Morgan fingerprint density at radius 3 is 2.78 bits per heavy atom. The minimum Gasteiger partial charge on any atom is -0.478 e. The molecule has 0 spiro atoms. The van der Waals surface area contributed by atoms with Crippen LogP contribution < -0.4 is 5.32 Å². The minimum atomic E-state index is -1.12. The summed E-state index contributed by atoms with van der Waals surface area (Å²) < 4.78 is 0. The molecule has 18 heavy (non-hydrogen) atoms. The summed E-state index contributed by atoms with van der Waals surface area (Å²) in [5.74, 6) is -0.991. The normalized spacial score (nSPS) is 9.56. The predicted octanol–water partition coefficient (Wildman–Crippen LogP) is 2.23. The van der Waals surface area contributed by atoms with Gasteiger partial charge in [-0.3, -0.25) is 4.79 Å². The first-order chi connectivity index (χ1) is 8.54. The zero-order chi connectivity index (χ0) is 13.5. The average Bonchev–Trinajstić information content (AvgIpc) is 2.28. The molecule has 0 aliphatic carbocycles. The van der Waals surface area contributed by atoms with Gasteiger partial charge in [0.1, 0.15) is 0 Å². The van der Waals surface area contributed by atoms with Gasteiger partial charge in [0.15, 0.2) is 0 Å². The molecular formula is C11H9ClN2O3S. The van der Waals surface area contributed by atoms with E-state index in [4.69, 9.17) is 22.0 Å². The summed E-state index contributed by atoms with van der Waals surface area (Å²) in [6, 6.07) is 6.07. The third-order valence-corrected chi connectivity index (χ3v) is 3.00. The van der Waals surface area contributed by atoms with Gasteiger partial charge < -0.3 is 10.4 Å². The van der Waals surface area contributed by atoms with E-state index in [1.54, 1.807) is 0 Å². The number of carbonyl (C=O) groups is 2. The van der Waals surface area contributed by atoms with E-state index in [0.29, 0.717) is 5.69 Å². The van der Waals surface area contributed by atoms with Gasteiger partial charge in [0.25, 0.3) is 0 Å². The van der Waals surface area contributed by atoms with Crippen LogP contribution in [0.3, 0.4) is 0 Å². The molecule has 0 radical (unpaired) electrons. The highest BCUT2D eigenvalue weighted by Gasteiger charge is 2.10. The van der Waals surface area contributed by atoms with Gasteiger partial charge in [-0.1, -0.05) is 11.6 Å². The van der Waals surface area contributed by atoms with Crippen LogP contribution in [-0.4, -0.2) is 28.5 Å². The molecule has 0 saturated heterocycles. The van der Waals surface area contributed by atoms with Crippen molar-refractivity contribution in [2.75, 3.05) is 16.8 Å². The highest BCUT2D eigenvalue weighted by Crippen LogP contribution is 2.21. The number of thioether (sulfide) groups is 1. The van der Waals surface area contributed by atoms with Gasteiger partial charge in [-0.25, -0.2) is 4.79 Å². The smallest absolute Gasteiger partial charge is 0.337 e. The maximum absolute atomic E-state index is 11.4. The Hall–Kier alpha value is -1.71. The molecule has 0 atom stereocenters. The van der Waals surface area contributed by atoms with Crippen molar-refractivity contribution in [2.45, 2.75) is 0 Å². The molecule has 2 N–H and O–H groups in total. The quantitative estimate of drug-likeness (QED) is 0.809. The Balaban J connectivity index is 2.64. The first-order valence-electron chi connectivity index (χ1n) is 4.82. The summed E-state index contributed by atoms with van der Waals surface area (Å²) in [7, 11) is 0. The van der Waals surface area contributed by atoms with E-state index in [-0.39, 0.29) is 28.0 Å². The van der Waals surface area contributed by atoms with Gasteiger partial charge in [-0.15, -0.1) is 11.8 Å². The van der Waals surface area contributed by atoms with Crippen LogP contribution >= 0.6 is 23.4 Å². The van der Waals surface area contributed by atoms with Gasteiger partial charge in [0, 0.05) is 5.69 Å². The number of hydrogen-bond acceptors (Lipinski definition) is 4. The Morgan fingerprint density at radius 2 is 2.22 bits per heavy atom. The molecule has 0 saturated carbocycles. The van der Waals surface area contributed by atoms with Gasteiger partial charge >= 0.3 is 5.97 Å². The van der Waals surface area contributed by atoms with Crippen LogP contribution in [0.15, 0.2) is 18.2 Å². The predicted molar refractivity (Wildman–Crippen MR) is 70.0 cm³/mol. The molecule has 1 aromatic carbocycles. The molecule has 7 heteroatoms. The lowest BCUT2D eigenvalue weighted by atomic mass is 10.2. The van der Waals surface area contributed by atoms with Crippen molar-refractivity contribution in [1.29, 1.82) is 5.26 Å². The first kappa shape index (κ1) is 14.4. The molecule has 0 heterocycles. The zero-order valence-electron chi connectivity index (χ0n) is 9.14. The Morgan fingerprint density at radius 1 is 1.50 bits per heavy atom. The van der Waals surface area contributed by atoms with Crippen molar-refractivity contribution in [3.05, 3.63) is 28.8 Å². The van der Waals surface area contributed by atoms with E-state index in [1.165, 1.54) is 30.0 Å². The van der Waals surface area contributed by atoms with E-state index in [9.17, 15) is 9.59 Å². The van der Waals surface area contributed by atoms with Crippen LogP contribution in [0.2, 0.25) is 5.02 Å². The van der Waals surface area contributed by atoms with E-state index in [1.807, 2.05) is 6.07 Å². The Bertz CT molecular complexity index is 514. The summed E-state index contributed by atoms with van der Waals surface area (Å²) >= 11 is 6.95. The molecule has 5 nitrogen and oxygen atoms in total. The average molecular weight is 285 g/mol. The number of carbonyl (C=O) groups excluding carboxylic acids is 1. The largest absolute Gasteiger partial charge is 0.478 e. The fraction of sp³-hybridized carbons (Fsp3) is 0.182. The number of carboxylic acids is 1. The van der Waals surface area contributed by atoms with E-state index in [2.05, 4.69) is 5.32 Å². The van der Waals surface area contributed by atoms with E-state index >= 15 is 0 Å². The lowest BCUT2D eigenvalue weighted by molar-refractivity contribution is -0.113. The molecule has 0 unspecified atom stereocenters. The minimum absolute atomic E-state index is 0.0199. The lowest BCUT2D eigenvalue weighted by Crippen LogP contribution is -2.14. The maximum Gasteiger partial charge on any atom is 0.337 e. The fourth-order valence-electron chi connectivity index (χ4n) is 1.15. The number of benzene rings is 1. The summed E-state index contributed by atoms with van der Waals surface area (Å²) in [6.45, 7) is 0. The molecular weight excluding hydrogens is 276 g/mol. The second-order valence-corrected chi connectivity index (χ2v) is 4.59. The van der Waals surface area contributed by atoms with Crippen LogP contribution in [0.5, 0.6) is 0 Å². The highest BCUT2D eigenvalue weighted by molar-refractivity contribution is 8.00. The number of nitrogens with zero attached hydrogens (tertiary/aromatic N) is 1. The third-order valence-electron chi connectivity index (χ3n) is 1.88. The van der Waals surface area contributed by atoms with E-state index < -0.39 is 5.97 Å². The number of amides is 1. The lowest BCUT2D eigenvalue weighted by Gasteiger charge is -2.06. The number of nitrogens with one attached hydrogen (secondary N) is 1. The van der Waals surface area contributed by atoms with Crippen molar-refractivity contribution in [3.63, 3.8) is 0 Å². The van der Waals surface area contributed by atoms with Gasteiger partial charge in [-0.2, -0.15) is 5.26 Å². The molecule has 0 fully saturated rings. The number of hydrogen-bond donors (Lipinski definition) is 2. The number of carboxylic acid groups (broad SMARTS) is 1. The molecule has 0 aliphatic heterocycles. The molecule has 0 aliphatic rings. The number of rotatable bonds is 5. The number of aromatic carboxylic acids is 1. The molecule has 1 amide bonds. The van der Waals surface area contributed by atoms with Crippen LogP contribution in [0.1, 0.15) is 10.4 Å². The molecule has 94 valence electrons. The zero-order valence-corrected chi connectivity index (χ0v) is 10.7. The fourth-order valence-corrected chi connectivity index (χ4v) is 1.87. The van der Waals surface area contributed by atoms with Gasteiger partial charge in [0.2, 0.25) is 5.91 Å². The second-order valence-electron chi connectivity index (χ2n) is 3.20. The van der Waals surface area contributed by atoms with E-state index in [0.717, 1.165) is 0 Å². The number of halogens is 1. The maximum atomic E-state index is 11.4. The second kappa shape index (κ2) is 6.89. The summed E-state index contributed by atoms with van der Waals surface area (Å²) in [5, 5.41) is 19.7. The van der Waals surface area contributed by atoms with Crippen LogP contribution in [0.25, 0.3) is 0 Å². The van der Waals surface area contributed by atoms with Crippen molar-refractivity contribution >= 4 is 40.9 Å². The van der Waals surface area contributed by atoms with Crippen molar-refractivity contribution in [1.82, 2.24) is 0 Å². The molecule has 1 rings (SSSR count). The van der Waals surface area contributed by atoms with Crippen molar-refractivity contribution in [2.24, 2.45) is 0 Å². The molecule has 1 aromatic rings. The molecule has 0 aromatic heterocycles. The Kier molecular flexibility index (Phi) is 5.49. The summed E-state index contributed by atoms with van der Waals surface area (Å²) in [5.41, 5.74) is 0.404. The summed E-state index contributed by atoms with van der Waals surface area (Å²) in [4.78, 5) is 22.1. The highest BCUT2D eigenvalue weighted by atomic mass is 35.5. The third kappa shape index (κ3) is 4.28.